The van der Waals surface area contributed by atoms with Crippen molar-refractivity contribution in [2.45, 2.75) is 18.9 Å². The second-order valence-electron chi connectivity index (χ2n) is 1.87. The van der Waals surface area contributed by atoms with E-state index in [1.165, 1.54) is 0 Å². The molecule has 0 aliphatic carbocycles. The Hall–Kier alpha value is 0.200. The Morgan fingerprint density at radius 2 is 2.88 bits per heavy atom. The minimum Gasteiger partial charge on any atom is -0.353 e. The van der Waals surface area contributed by atoms with Gasteiger partial charge in [0.15, 0.2) is 1.41 Å². The number of carbonyl (C=O) groups excluding carboxylic acids is 1. The number of alkyl halides is 1. The first-order chi connectivity index (χ1) is 4.25. The summed E-state index contributed by atoms with van der Waals surface area (Å²) in [5.74, 6) is -0.0309. The van der Waals surface area contributed by atoms with E-state index in [0.29, 0.717) is 6.42 Å². The minimum atomic E-state index is -0.0309. The van der Waals surface area contributed by atoms with Gasteiger partial charge in [-0.05, 0) is 6.42 Å². The third-order valence-electron chi connectivity index (χ3n) is 1.20. The van der Waals surface area contributed by atoms with Gasteiger partial charge in [0.1, 0.15) is 0 Å². The lowest BCUT2D eigenvalue weighted by Crippen LogP contribution is -2.26. The molecule has 0 radical (unpaired) electrons. The van der Waals surface area contributed by atoms with Gasteiger partial charge in [0.25, 0.3) is 0 Å². The summed E-state index contributed by atoms with van der Waals surface area (Å²) in [5.41, 5.74) is 0. The van der Waals surface area contributed by atoms with Crippen LogP contribution < -0.4 is 5.31 Å². The van der Waals surface area contributed by atoms with Gasteiger partial charge < -0.3 is 5.31 Å². The summed E-state index contributed by atoms with van der Waals surface area (Å²) in [6.45, 7) is 0. The van der Waals surface area contributed by atoms with Gasteiger partial charge >= 0.3 is 0 Å². The van der Waals surface area contributed by atoms with Crippen LogP contribution in [0.1, 0.15) is 12.8 Å². The van der Waals surface area contributed by atoms with Gasteiger partial charge in [-0.15, -0.1) is 0 Å². The van der Waals surface area contributed by atoms with Crippen molar-refractivity contribution in [2.24, 2.45) is 0 Å². The highest BCUT2D eigenvalue weighted by atomic mass is 127. The van der Waals surface area contributed by atoms with Crippen molar-refractivity contribution in [3.8, 4) is 0 Å². The summed E-state index contributed by atoms with van der Waals surface area (Å²) < 4.78 is 8.06. The van der Waals surface area contributed by atoms with Crippen LogP contribution in [-0.2, 0) is 4.79 Å². The summed E-state index contributed by atoms with van der Waals surface area (Å²) in [7, 11) is 0. The third kappa shape index (κ3) is 1.34. The quantitative estimate of drug-likeness (QED) is 0.517. The van der Waals surface area contributed by atoms with Gasteiger partial charge in [0.05, 0.1) is 0 Å². The molecule has 0 saturated carbocycles. The normalized spacial score (nSPS) is 31.1. The van der Waals surface area contributed by atoms with Crippen LogP contribution in [0.2, 0.25) is 1.41 Å². The number of hydrogen-bond donors (Lipinski definition) is 1. The molecule has 0 unspecified atom stereocenters. The molecule has 1 aliphatic heterocycles. The van der Waals surface area contributed by atoms with Crippen LogP contribution in [0.4, 0.5) is 0 Å². The number of rotatable bonds is 1. The molecule has 1 heterocycles. The van der Waals surface area contributed by atoms with E-state index in [2.05, 4.69) is 22.6 Å². The van der Waals surface area contributed by atoms with Crippen molar-refractivity contribution in [1.29, 1.82) is 0 Å². The summed E-state index contributed by atoms with van der Waals surface area (Å²) in [6.07, 6.45) is 1.43. The fourth-order valence-electron chi connectivity index (χ4n) is 0.734. The smallest absolute Gasteiger partial charge is 0.220 e. The Kier molecular flexibility index (Phi) is 1.67. The van der Waals surface area contributed by atoms with Crippen LogP contribution in [-0.4, -0.2) is 16.4 Å². The molecule has 8 heavy (non-hydrogen) atoms. The summed E-state index contributed by atoms with van der Waals surface area (Å²) in [4.78, 5) is 10.7. The monoisotopic (exact) mass is 226 g/mol. The van der Waals surface area contributed by atoms with E-state index >= 15 is 0 Å². The fourth-order valence-corrected chi connectivity index (χ4v) is 1.37. The highest BCUT2D eigenvalue weighted by Gasteiger charge is 2.18. The maximum Gasteiger partial charge on any atom is 0.220 e. The fraction of sp³-hybridized carbons (Fsp3) is 0.800. The summed E-state index contributed by atoms with van der Waals surface area (Å²) in [5, 5.41) is 1.10. The molecule has 1 aliphatic rings. The van der Waals surface area contributed by atoms with Crippen LogP contribution >= 0.6 is 22.6 Å². The van der Waals surface area contributed by atoms with Crippen LogP contribution in [0.25, 0.3) is 0 Å². The van der Waals surface area contributed by atoms with Gasteiger partial charge in [-0.3, -0.25) is 4.79 Å². The Morgan fingerprint density at radius 3 is 3.12 bits per heavy atom. The SMILES string of the molecule is [2H]N1C(=O)CC[C@H]1CI. The minimum absolute atomic E-state index is 0.0309. The average molecular weight is 226 g/mol. The molecule has 3 heteroatoms. The lowest BCUT2D eigenvalue weighted by Gasteiger charge is -2.01. The topological polar surface area (TPSA) is 29.1 Å². The second kappa shape index (κ2) is 2.66. The standard InChI is InChI=1S/C5H8INO/c6-3-4-1-2-5(8)7-4/h4H,1-3H2,(H,7,8)/t4-/m0/s1/i/hD. The van der Waals surface area contributed by atoms with E-state index in [9.17, 15) is 4.79 Å². The van der Waals surface area contributed by atoms with E-state index in [4.69, 9.17) is 1.41 Å². The third-order valence-corrected chi connectivity index (χ3v) is 2.21. The average Bonchev–Trinajstić information content (AvgIpc) is 2.15. The van der Waals surface area contributed by atoms with Gasteiger partial charge in [0, 0.05) is 16.9 Å². The van der Waals surface area contributed by atoms with Crippen molar-refractivity contribution in [2.75, 3.05) is 4.43 Å². The van der Waals surface area contributed by atoms with Crippen molar-refractivity contribution < 1.29 is 6.21 Å². The molecule has 46 valence electrons. The van der Waals surface area contributed by atoms with Gasteiger partial charge in [-0.2, -0.15) is 0 Å². The molecule has 1 saturated heterocycles. The number of hydrogen-bond acceptors (Lipinski definition) is 1. The predicted octanol–water partition coefficient (Wildman–Crippen LogP) is 0.700. The molecule has 1 atom stereocenters. The van der Waals surface area contributed by atoms with Crippen molar-refractivity contribution >= 4 is 28.5 Å². The molecule has 0 aromatic rings. The molecule has 1 amide bonds. The number of carbonyl (C=O) groups is 1. The van der Waals surface area contributed by atoms with Crippen molar-refractivity contribution in [3.63, 3.8) is 0 Å². The highest BCUT2D eigenvalue weighted by molar-refractivity contribution is 14.1. The molecule has 0 aromatic carbocycles. The first-order valence-corrected chi connectivity index (χ1v) is 4.15. The van der Waals surface area contributed by atoms with E-state index in [0.717, 1.165) is 16.2 Å². The molecular formula is C5H8INO. The van der Waals surface area contributed by atoms with E-state index in [1.54, 1.807) is 0 Å². The Balaban J connectivity index is 2.51. The summed E-state index contributed by atoms with van der Waals surface area (Å²) in [6, 6.07) is 0.179. The van der Waals surface area contributed by atoms with E-state index < -0.39 is 0 Å². The van der Waals surface area contributed by atoms with Crippen molar-refractivity contribution in [1.82, 2.24) is 5.31 Å². The van der Waals surface area contributed by atoms with Gasteiger partial charge in [-0.1, -0.05) is 22.6 Å². The Morgan fingerprint density at radius 1 is 2.12 bits per heavy atom. The van der Waals surface area contributed by atoms with Gasteiger partial charge in [0.2, 0.25) is 5.91 Å². The number of halogens is 1. The number of nitrogens with one attached hydrogen (secondary N) is 1. The second-order valence-corrected chi connectivity index (χ2v) is 2.75. The molecule has 1 rings (SSSR count). The highest BCUT2D eigenvalue weighted by Crippen LogP contribution is 2.07. The zero-order valence-corrected chi connectivity index (χ0v) is 6.59. The number of amides is 1. The molecule has 0 aromatic heterocycles. The van der Waals surface area contributed by atoms with Crippen LogP contribution in [0, 0.1) is 0 Å². The van der Waals surface area contributed by atoms with E-state index in [1.807, 2.05) is 0 Å². The van der Waals surface area contributed by atoms with Crippen LogP contribution in [0.5, 0.6) is 0 Å². The molecular weight excluding hydrogens is 217 g/mol. The maximum absolute atomic E-state index is 10.7. The molecule has 0 spiro atoms. The van der Waals surface area contributed by atoms with Crippen LogP contribution in [0.3, 0.4) is 0 Å². The van der Waals surface area contributed by atoms with Crippen molar-refractivity contribution in [3.05, 3.63) is 0 Å². The van der Waals surface area contributed by atoms with Crippen LogP contribution in [0.15, 0.2) is 0 Å². The van der Waals surface area contributed by atoms with Gasteiger partial charge in [-0.25, -0.2) is 0 Å². The van der Waals surface area contributed by atoms with E-state index in [-0.39, 0.29) is 11.9 Å². The lowest BCUT2D eigenvalue weighted by atomic mass is 10.3. The first kappa shape index (κ1) is 5.02. The zero-order chi connectivity index (χ0) is 6.85. The molecule has 1 N–H and O–H groups in total. The molecule has 0 bridgehead atoms. The Bertz CT molecular complexity index is 130. The zero-order valence-electron chi connectivity index (χ0n) is 5.43. The summed E-state index contributed by atoms with van der Waals surface area (Å²) >= 11 is 2.20. The lowest BCUT2D eigenvalue weighted by molar-refractivity contribution is -0.119. The largest absolute Gasteiger partial charge is 0.353 e. The molecule has 1 fully saturated rings. The predicted molar refractivity (Wildman–Crippen MR) is 40.1 cm³/mol. The molecule has 2 nitrogen and oxygen atoms in total. The first-order valence-electron chi connectivity index (χ1n) is 3.07. The maximum atomic E-state index is 10.7. The Labute approximate surface area is 63.6 Å².